The first kappa shape index (κ1) is 14.6. The molecule has 1 heterocycles. The van der Waals surface area contributed by atoms with Gasteiger partial charge in [-0.2, -0.15) is 14.0 Å². The predicted octanol–water partition coefficient (Wildman–Crippen LogP) is 2.47. The summed E-state index contributed by atoms with van der Waals surface area (Å²) >= 11 is 8.81. The van der Waals surface area contributed by atoms with Crippen LogP contribution in [-0.2, 0) is 0 Å². The van der Waals surface area contributed by atoms with E-state index in [1.165, 1.54) is 12.1 Å². The predicted molar refractivity (Wildman–Crippen MR) is 67.9 cm³/mol. The zero-order valence-corrected chi connectivity index (χ0v) is 11.7. The van der Waals surface area contributed by atoms with Crippen molar-refractivity contribution < 1.29 is 18.3 Å². The first-order chi connectivity index (χ1) is 9.47. The van der Waals surface area contributed by atoms with Crippen molar-refractivity contribution in [1.82, 2.24) is 20.6 Å². The minimum absolute atomic E-state index is 0.0560. The first-order valence-corrected chi connectivity index (χ1v) is 6.13. The molecule has 11 heteroatoms. The smallest absolute Gasteiger partial charge is 0.387 e. The highest BCUT2D eigenvalue weighted by Gasteiger charge is 2.19. The second-order valence-corrected chi connectivity index (χ2v) is 4.62. The number of anilines is 1. The van der Waals surface area contributed by atoms with E-state index in [1.54, 1.807) is 0 Å². The molecule has 20 heavy (non-hydrogen) atoms. The van der Waals surface area contributed by atoms with E-state index < -0.39 is 12.5 Å². The standard InChI is InChI=1S/C9H5BrClF2N5O2/c10-4-1-3(11)2-5(6(4)20-9(12)13)14-8(19)7-15-17-18-16-7/h1-2,9H,(H,14,19)(H,15,16,17,18). The molecule has 0 saturated carbocycles. The molecule has 7 nitrogen and oxygen atoms in total. The van der Waals surface area contributed by atoms with E-state index >= 15 is 0 Å². The van der Waals surface area contributed by atoms with Crippen molar-refractivity contribution in [2.45, 2.75) is 6.61 Å². The van der Waals surface area contributed by atoms with Gasteiger partial charge in [-0.25, -0.2) is 0 Å². The Morgan fingerprint density at radius 1 is 1.50 bits per heavy atom. The summed E-state index contributed by atoms with van der Waals surface area (Å²) in [6.07, 6.45) is 0. The monoisotopic (exact) mass is 367 g/mol. The average Bonchev–Trinajstić information content (AvgIpc) is 2.87. The van der Waals surface area contributed by atoms with E-state index in [0.717, 1.165) is 0 Å². The van der Waals surface area contributed by atoms with Crippen LogP contribution in [0.4, 0.5) is 14.5 Å². The number of H-pyrrole nitrogens is 1. The Bertz CT molecular complexity index is 625. The topological polar surface area (TPSA) is 92.8 Å². The van der Waals surface area contributed by atoms with Crippen LogP contribution in [0.1, 0.15) is 10.6 Å². The third kappa shape index (κ3) is 3.39. The molecular formula is C9H5BrClF2N5O2. The number of rotatable bonds is 4. The van der Waals surface area contributed by atoms with E-state index in [4.69, 9.17) is 11.6 Å². The van der Waals surface area contributed by atoms with Crippen molar-refractivity contribution in [2.24, 2.45) is 0 Å². The zero-order chi connectivity index (χ0) is 14.7. The van der Waals surface area contributed by atoms with Gasteiger partial charge in [0.25, 0.3) is 11.7 Å². The summed E-state index contributed by atoms with van der Waals surface area (Å²) < 4.78 is 29.2. The molecule has 0 aliphatic heterocycles. The van der Waals surface area contributed by atoms with Crippen LogP contribution in [-0.4, -0.2) is 33.1 Å². The number of tetrazole rings is 1. The summed E-state index contributed by atoms with van der Waals surface area (Å²) in [6.45, 7) is -3.06. The highest BCUT2D eigenvalue weighted by molar-refractivity contribution is 9.10. The number of benzene rings is 1. The largest absolute Gasteiger partial charge is 0.431 e. The van der Waals surface area contributed by atoms with Gasteiger partial charge in [0.05, 0.1) is 10.2 Å². The molecule has 1 aromatic heterocycles. The highest BCUT2D eigenvalue weighted by Crippen LogP contribution is 2.37. The van der Waals surface area contributed by atoms with E-state index in [0.29, 0.717) is 0 Å². The molecule has 2 aromatic rings. The van der Waals surface area contributed by atoms with E-state index in [1.807, 2.05) is 0 Å². The van der Waals surface area contributed by atoms with Crippen molar-refractivity contribution >= 4 is 39.1 Å². The molecule has 0 saturated heterocycles. The second kappa shape index (κ2) is 6.09. The Hall–Kier alpha value is -1.81. The number of carbonyl (C=O) groups excluding carboxylic acids is 1. The molecule has 2 N–H and O–H groups in total. The van der Waals surface area contributed by atoms with Gasteiger partial charge in [0.1, 0.15) is 0 Å². The number of nitrogens with one attached hydrogen (secondary N) is 2. The number of aromatic nitrogens is 4. The van der Waals surface area contributed by atoms with Gasteiger partial charge in [-0.1, -0.05) is 11.6 Å². The van der Waals surface area contributed by atoms with E-state index in [2.05, 4.69) is 46.6 Å². The number of aromatic amines is 1. The van der Waals surface area contributed by atoms with E-state index in [9.17, 15) is 13.6 Å². The summed E-state index contributed by atoms with van der Waals surface area (Å²) in [7, 11) is 0. The molecule has 2 rings (SSSR count). The molecule has 1 aromatic carbocycles. The van der Waals surface area contributed by atoms with Crippen LogP contribution in [0, 0.1) is 0 Å². The van der Waals surface area contributed by atoms with Crippen molar-refractivity contribution in [3.63, 3.8) is 0 Å². The number of ether oxygens (including phenoxy) is 1. The molecule has 0 radical (unpaired) electrons. The highest BCUT2D eigenvalue weighted by atomic mass is 79.9. The summed E-state index contributed by atoms with van der Waals surface area (Å²) in [5, 5.41) is 14.7. The Morgan fingerprint density at radius 2 is 2.25 bits per heavy atom. The summed E-state index contributed by atoms with van der Waals surface area (Å²) in [6, 6.07) is 2.60. The summed E-state index contributed by atoms with van der Waals surface area (Å²) in [4.78, 5) is 11.7. The summed E-state index contributed by atoms with van der Waals surface area (Å²) in [5.41, 5.74) is -0.0560. The second-order valence-electron chi connectivity index (χ2n) is 3.33. The number of carbonyl (C=O) groups is 1. The van der Waals surface area contributed by atoms with Gasteiger partial charge in [-0.3, -0.25) is 4.79 Å². The number of hydrogen-bond donors (Lipinski definition) is 2. The molecule has 0 atom stereocenters. The first-order valence-electron chi connectivity index (χ1n) is 4.96. The Morgan fingerprint density at radius 3 is 2.85 bits per heavy atom. The summed E-state index contributed by atoms with van der Waals surface area (Å²) in [5.74, 6) is -1.28. The molecule has 0 aliphatic carbocycles. The fourth-order valence-electron chi connectivity index (χ4n) is 1.30. The van der Waals surface area contributed by atoms with Gasteiger partial charge in [-0.05, 0) is 33.3 Å². The molecule has 0 fully saturated rings. The lowest BCUT2D eigenvalue weighted by atomic mass is 10.3. The van der Waals surface area contributed by atoms with Crippen molar-refractivity contribution in [3.05, 3.63) is 27.5 Å². The molecule has 0 spiro atoms. The van der Waals surface area contributed by atoms with E-state index in [-0.39, 0.29) is 26.8 Å². The molecule has 0 aliphatic rings. The van der Waals surface area contributed by atoms with Crippen LogP contribution >= 0.6 is 27.5 Å². The maximum absolute atomic E-state index is 12.4. The minimum atomic E-state index is -3.06. The molecular weight excluding hydrogens is 363 g/mol. The van der Waals surface area contributed by atoms with Gasteiger partial charge < -0.3 is 10.1 Å². The van der Waals surface area contributed by atoms with Gasteiger partial charge in [-0.15, -0.1) is 10.2 Å². The van der Waals surface area contributed by atoms with Crippen LogP contribution in [0.5, 0.6) is 5.75 Å². The average molecular weight is 369 g/mol. The maximum atomic E-state index is 12.4. The molecule has 0 unspecified atom stereocenters. The van der Waals surface area contributed by atoms with Gasteiger partial charge >= 0.3 is 6.61 Å². The van der Waals surface area contributed by atoms with Crippen molar-refractivity contribution in [2.75, 3.05) is 5.32 Å². The van der Waals surface area contributed by atoms with Gasteiger partial charge in [0.15, 0.2) is 5.75 Å². The number of halogens is 4. The number of nitrogens with zero attached hydrogens (tertiary/aromatic N) is 3. The van der Waals surface area contributed by atoms with Crippen LogP contribution in [0.3, 0.4) is 0 Å². The van der Waals surface area contributed by atoms with Gasteiger partial charge in [0.2, 0.25) is 0 Å². The maximum Gasteiger partial charge on any atom is 0.387 e. The lowest BCUT2D eigenvalue weighted by Gasteiger charge is -2.13. The number of alkyl halides is 2. The fraction of sp³-hybridized carbons (Fsp3) is 0.111. The molecule has 106 valence electrons. The Kier molecular flexibility index (Phi) is 4.45. The van der Waals surface area contributed by atoms with Crippen LogP contribution in [0.25, 0.3) is 0 Å². The Labute approximate surface area is 123 Å². The SMILES string of the molecule is O=C(Nc1cc(Cl)cc(Br)c1OC(F)F)c1nn[nH]n1. The van der Waals surface area contributed by atoms with Crippen molar-refractivity contribution in [1.29, 1.82) is 0 Å². The lowest BCUT2D eigenvalue weighted by molar-refractivity contribution is -0.0498. The number of amides is 1. The number of hydrogen-bond acceptors (Lipinski definition) is 5. The van der Waals surface area contributed by atoms with Crippen LogP contribution < -0.4 is 10.1 Å². The third-order valence-corrected chi connectivity index (χ3v) is 2.82. The fourth-order valence-corrected chi connectivity index (χ4v) is 2.20. The van der Waals surface area contributed by atoms with Crippen LogP contribution in [0.15, 0.2) is 16.6 Å². The molecule has 0 bridgehead atoms. The Balaban J connectivity index is 2.32. The zero-order valence-electron chi connectivity index (χ0n) is 9.40. The normalized spacial score (nSPS) is 10.7. The quantitative estimate of drug-likeness (QED) is 0.865. The minimum Gasteiger partial charge on any atom is -0.431 e. The third-order valence-electron chi connectivity index (χ3n) is 2.01. The van der Waals surface area contributed by atoms with Crippen molar-refractivity contribution in [3.8, 4) is 5.75 Å². The molecule has 1 amide bonds. The van der Waals surface area contributed by atoms with Gasteiger partial charge in [0, 0.05) is 5.02 Å². The lowest BCUT2D eigenvalue weighted by Crippen LogP contribution is -2.15. The van der Waals surface area contributed by atoms with Crippen LogP contribution in [0.2, 0.25) is 5.02 Å².